The number of benzene rings is 1. The molecule has 1 fully saturated rings. The van der Waals surface area contributed by atoms with E-state index in [-0.39, 0.29) is 5.91 Å². The molecular formula is C18H26N4O. The van der Waals surface area contributed by atoms with Crippen LogP contribution < -0.4 is 10.2 Å². The predicted octanol–water partition coefficient (Wildman–Crippen LogP) is 2.03. The van der Waals surface area contributed by atoms with E-state index in [1.54, 1.807) is 0 Å². The summed E-state index contributed by atoms with van der Waals surface area (Å²) < 4.78 is 0. The number of likely N-dealkylation sites (tertiary alicyclic amines) is 1. The molecule has 1 aromatic carbocycles. The fraction of sp³-hybridized carbons (Fsp3) is 0.556. The number of amides is 1. The van der Waals surface area contributed by atoms with E-state index in [4.69, 9.17) is 0 Å². The summed E-state index contributed by atoms with van der Waals surface area (Å²) in [5, 5.41) is 3.36. The highest BCUT2D eigenvalue weighted by Gasteiger charge is 2.22. The first-order valence-electron chi connectivity index (χ1n) is 8.71. The van der Waals surface area contributed by atoms with Crippen molar-refractivity contribution in [2.45, 2.75) is 32.6 Å². The highest BCUT2D eigenvalue weighted by Crippen LogP contribution is 2.27. The van der Waals surface area contributed by atoms with Gasteiger partial charge in [0.2, 0.25) is 5.91 Å². The normalized spacial score (nSPS) is 17.5. The standard InChI is InChI=1S/C18H26N4O/c1-2-19-18(20-11-9-17(23)21-12-5-6-13-21)22-14-10-15-7-3-4-8-16(15)22/h3-4,7-8H,2,5-6,9-14H2,1H3,(H,19,20). The number of hydrogen-bond acceptors (Lipinski definition) is 2. The highest BCUT2D eigenvalue weighted by atomic mass is 16.2. The van der Waals surface area contributed by atoms with Gasteiger partial charge in [0, 0.05) is 38.3 Å². The number of fused-ring (bicyclic) bond motifs is 1. The quantitative estimate of drug-likeness (QED) is 0.683. The summed E-state index contributed by atoms with van der Waals surface area (Å²) in [6.07, 6.45) is 3.84. The van der Waals surface area contributed by atoms with Gasteiger partial charge in [0.05, 0.1) is 6.54 Å². The van der Waals surface area contributed by atoms with Gasteiger partial charge < -0.3 is 15.1 Å². The molecule has 0 spiro atoms. The molecule has 23 heavy (non-hydrogen) atoms. The molecule has 0 bridgehead atoms. The summed E-state index contributed by atoms with van der Waals surface area (Å²) in [7, 11) is 0. The van der Waals surface area contributed by atoms with Gasteiger partial charge in [-0.1, -0.05) is 18.2 Å². The minimum atomic E-state index is 0.240. The molecule has 3 rings (SSSR count). The lowest BCUT2D eigenvalue weighted by atomic mass is 10.2. The number of para-hydroxylation sites is 1. The van der Waals surface area contributed by atoms with Crippen LogP contribution in [0.1, 0.15) is 31.7 Å². The lowest BCUT2D eigenvalue weighted by Crippen LogP contribution is -2.40. The number of rotatable bonds is 4. The van der Waals surface area contributed by atoms with E-state index < -0.39 is 0 Å². The zero-order valence-corrected chi connectivity index (χ0v) is 13.9. The summed E-state index contributed by atoms with van der Waals surface area (Å²) in [5.74, 6) is 1.13. The number of carbonyl (C=O) groups excluding carboxylic acids is 1. The monoisotopic (exact) mass is 314 g/mol. The molecule has 2 aliphatic heterocycles. The van der Waals surface area contributed by atoms with Crippen LogP contribution in [-0.4, -0.2) is 49.5 Å². The molecule has 1 saturated heterocycles. The van der Waals surface area contributed by atoms with Crippen molar-refractivity contribution < 1.29 is 4.79 Å². The number of anilines is 1. The Bertz CT molecular complexity index is 578. The minimum absolute atomic E-state index is 0.240. The molecule has 0 aliphatic carbocycles. The molecule has 5 heteroatoms. The largest absolute Gasteiger partial charge is 0.356 e. The molecule has 2 heterocycles. The molecule has 5 nitrogen and oxygen atoms in total. The zero-order valence-electron chi connectivity index (χ0n) is 13.9. The number of hydrogen-bond donors (Lipinski definition) is 1. The highest BCUT2D eigenvalue weighted by molar-refractivity contribution is 5.98. The second-order valence-corrected chi connectivity index (χ2v) is 6.10. The van der Waals surface area contributed by atoms with Gasteiger partial charge in [0.1, 0.15) is 0 Å². The fourth-order valence-electron chi connectivity index (χ4n) is 3.34. The fourth-order valence-corrected chi connectivity index (χ4v) is 3.34. The number of aliphatic imine (C=N–C) groups is 1. The van der Waals surface area contributed by atoms with Crippen molar-refractivity contribution in [3.05, 3.63) is 29.8 Å². The summed E-state index contributed by atoms with van der Waals surface area (Å²) in [6, 6.07) is 8.47. The predicted molar refractivity (Wildman–Crippen MR) is 93.9 cm³/mol. The van der Waals surface area contributed by atoms with E-state index in [0.717, 1.165) is 51.4 Å². The number of nitrogens with one attached hydrogen (secondary N) is 1. The van der Waals surface area contributed by atoms with Crippen LogP contribution in [-0.2, 0) is 11.2 Å². The van der Waals surface area contributed by atoms with Gasteiger partial charge in [-0.05, 0) is 37.8 Å². The molecular weight excluding hydrogens is 288 g/mol. The van der Waals surface area contributed by atoms with Crippen molar-refractivity contribution in [3.8, 4) is 0 Å². The van der Waals surface area contributed by atoms with Crippen LogP contribution in [0.2, 0.25) is 0 Å². The Balaban J connectivity index is 1.63. The SMILES string of the molecule is CCNC(=NCCC(=O)N1CCCC1)N1CCc2ccccc21. The van der Waals surface area contributed by atoms with E-state index in [1.807, 2.05) is 4.90 Å². The second-order valence-electron chi connectivity index (χ2n) is 6.10. The molecule has 1 amide bonds. The van der Waals surface area contributed by atoms with Crippen LogP contribution in [0.3, 0.4) is 0 Å². The third kappa shape index (κ3) is 3.66. The van der Waals surface area contributed by atoms with Crippen LogP contribution in [0.5, 0.6) is 0 Å². The molecule has 124 valence electrons. The lowest BCUT2D eigenvalue weighted by Gasteiger charge is -2.22. The average Bonchev–Trinajstić information content (AvgIpc) is 3.23. The van der Waals surface area contributed by atoms with E-state index in [1.165, 1.54) is 11.3 Å². The van der Waals surface area contributed by atoms with Gasteiger partial charge in [-0.15, -0.1) is 0 Å². The van der Waals surface area contributed by atoms with Crippen LogP contribution >= 0.6 is 0 Å². The topological polar surface area (TPSA) is 47.9 Å². The second kappa shape index (κ2) is 7.49. The third-order valence-corrected chi connectivity index (χ3v) is 4.52. The number of nitrogens with zero attached hydrogens (tertiary/aromatic N) is 3. The van der Waals surface area contributed by atoms with Crippen molar-refractivity contribution in [2.75, 3.05) is 37.6 Å². The summed E-state index contributed by atoms with van der Waals surface area (Å²) in [6.45, 7) is 6.25. The zero-order chi connectivity index (χ0) is 16.1. The molecule has 0 unspecified atom stereocenters. The number of guanidine groups is 1. The van der Waals surface area contributed by atoms with Gasteiger partial charge >= 0.3 is 0 Å². The lowest BCUT2D eigenvalue weighted by molar-refractivity contribution is -0.129. The molecule has 0 aromatic heterocycles. The molecule has 1 aromatic rings. The van der Waals surface area contributed by atoms with E-state index in [9.17, 15) is 4.79 Å². The molecule has 0 saturated carbocycles. The summed E-state index contributed by atoms with van der Waals surface area (Å²) >= 11 is 0. The van der Waals surface area contributed by atoms with E-state index in [2.05, 4.69) is 46.4 Å². The van der Waals surface area contributed by atoms with Crippen LogP contribution in [0, 0.1) is 0 Å². The first kappa shape index (κ1) is 15.8. The Labute approximate surface area is 138 Å². The number of carbonyl (C=O) groups is 1. The Morgan fingerprint density at radius 3 is 2.78 bits per heavy atom. The Hall–Kier alpha value is -2.04. The molecule has 2 aliphatic rings. The molecule has 0 radical (unpaired) electrons. The molecule has 0 atom stereocenters. The van der Waals surface area contributed by atoms with Crippen molar-refractivity contribution in [1.29, 1.82) is 0 Å². The van der Waals surface area contributed by atoms with Crippen molar-refractivity contribution in [1.82, 2.24) is 10.2 Å². The van der Waals surface area contributed by atoms with Crippen molar-refractivity contribution in [2.24, 2.45) is 4.99 Å². The Morgan fingerprint density at radius 2 is 2.00 bits per heavy atom. The minimum Gasteiger partial charge on any atom is -0.356 e. The third-order valence-electron chi connectivity index (χ3n) is 4.52. The molecule has 1 N–H and O–H groups in total. The van der Waals surface area contributed by atoms with Crippen molar-refractivity contribution in [3.63, 3.8) is 0 Å². The maximum atomic E-state index is 12.1. The first-order valence-corrected chi connectivity index (χ1v) is 8.71. The Kier molecular flexibility index (Phi) is 5.16. The maximum absolute atomic E-state index is 12.1. The van der Waals surface area contributed by atoms with Gasteiger partial charge in [-0.25, -0.2) is 0 Å². The average molecular weight is 314 g/mol. The summed E-state index contributed by atoms with van der Waals surface area (Å²) in [5.41, 5.74) is 2.60. The summed E-state index contributed by atoms with van der Waals surface area (Å²) in [4.78, 5) is 21.0. The Morgan fingerprint density at radius 1 is 1.22 bits per heavy atom. The van der Waals surface area contributed by atoms with Gasteiger partial charge in [-0.2, -0.15) is 0 Å². The van der Waals surface area contributed by atoms with Crippen molar-refractivity contribution >= 4 is 17.6 Å². The van der Waals surface area contributed by atoms with Crippen LogP contribution in [0.15, 0.2) is 29.3 Å². The van der Waals surface area contributed by atoms with Crippen LogP contribution in [0.25, 0.3) is 0 Å². The van der Waals surface area contributed by atoms with Gasteiger partial charge in [0.25, 0.3) is 0 Å². The van der Waals surface area contributed by atoms with Gasteiger partial charge in [-0.3, -0.25) is 9.79 Å². The van der Waals surface area contributed by atoms with E-state index >= 15 is 0 Å². The maximum Gasteiger partial charge on any atom is 0.224 e. The van der Waals surface area contributed by atoms with E-state index in [0.29, 0.717) is 13.0 Å². The first-order chi connectivity index (χ1) is 11.3. The van der Waals surface area contributed by atoms with Gasteiger partial charge in [0.15, 0.2) is 5.96 Å². The smallest absolute Gasteiger partial charge is 0.224 e. The van der Waals surface area contributed by atoms with Crippen LogP contribution in [0.4, 0.5) is 5.69 Å².